The van der Waals surface area contributed by atoms with Crippen molar-refractivity contribution in [2.45, 2.75) is 52.1 Å². The zero-order valence-electron chi connectivity index (χ0n) is 12.4. The lowest BCUT2D eigenvalue weighted by Crippen LogP contribution is -2.48. The van der Waals surface area contributed by atoms with Crippen LogP contribution in [0.5, 0.6) is 0 Å². The highest BCUT2D eigenvalue weighted by molar-refractivity contribution is 9.11. The average Bonchev–Trinajstić information content (AvgIpc) is 2.76. The first-order valence-electron chi connectivity index (χ1n) is 7.29. The lowest BCUT2D eigenvalue weighted by molar-refractivity contribution is 0.0682. The Morgan fingerprint density at radius 2 is 2.30 bits per heavy atom. The summed E-state index contributed by atoms with van der Waals surface area (Å²) in [6, 6.07) is 2.66. The molecule has 2 rings (SSSR count). The van der Waals surface area contributed by atoms with Crippen molar-refractivity contribution in [3.63, 3.8) is 0 Å². The van der Waals surface area contributed by atoms with E-state index in [1.54, 1.807) is 0 Å². The number of carbonyl (C=O) groups is 1. The van der Waals surface area contributed by atoms with Crippen molar-refractivity contribution in [3.8, 4) is 0 Å². The zero-order chi connectivity index (χ0) is 14.7. The molecule has 0 spiro atoms. The Balaban J connectivity index is 2.09. The van der Waals surface area contributed by atoms with E-state index in [-0.39, 0.29) is 11.9 Å². The largest absolute Gasteiger partial charge is 0.334 e. The van der Waals surface area contributed by atoms with E-state index in [2.05, 4.69) is 35.1 Å². The van der Waals surface area contributed by atoms with Crippen molar-refractivity contribution in [2.24, 2.45) is 0 Å². The number of hydrogen-bond donors (Lipinski definition) is 1. The molecule has 1 N–H and O–H groups in total. The molecule has 1 aliphatic heterocycles. The normalized spacial score (nSPS) is 19.4. The standard InChI is InChI=1S/C15H23BrN2OS/c1-10(2)18(9-12-6-4-5-7-17-12)15(19)13-8-11(3)14(16)20-13/h8,10,12,17H,4-7,9H2,1-3H3. The SMILES string of the molecule is Cc1cc(C(=O)N(CC2CCCCN2)C(C)C)sc1Br. The van der Waals surface area contributed by atoms with E-state index >= 15 is 0 Å². The third kappa shape index (κ3) is 3.83. The molecule has 0 aliphatic carbocycles. The molecular formula is C15H23BrN2OS. The number of halogens is 1. The van der Waals surface area contributed by atoms with E-state index in [4.69, 9.17) is 0 Å². The van der Waals surface area contributed by atoms with Gasteiger partial charge in [-0.05, 0) is 67.7 Å². The van der Waals surface area contributed by atoms with Gasteiger partial charge in [0.15, 0.2) is 0 Å². The van der Waals surface area contributed by atoms with Crippen LogP contribution in [0.3, 0.4) is 0 Å². The second-order valence-corrected chi connectivity index (χ2v) is 8.14. The number of hydrogen-bond acceptors (Lipinski definition) is 3. The predicted molar refractivity (Wildman–Crippen MR) is 88.6 cm³/mol. The third-order valence-corrected chi connectivity index (χ3v) is 5.91. The van der Waals surface area contributed by atoms with Crippen molar-refractivity contribution in [1.82, 2.24) is 10.2 Å². The van der Waals surface area contributed by atoms with Crippen LogP contribution in [0.2, 0.25) is 0 Å². The molecule has 5 heteroatoms. The maximum atomic E-state index is 12.7. The Bertz CT molecular complexity index is 447. The lowest BCUT2D eigenvalue weighted by atomic mass is 10.0. The summed E-state index contributed by atoms with van der Waals surface area (Å²) >= 11 is 5.04. The molecule has 3 nitrogen and oxygen atoms in total. The number of thiophene rings is 1. The fraction of sp³-hybridized carbons (Fsp3) is 0.667. The summed E-state index contributed by atoms with van der Waals surface area (Å²) < 4.78 is 1.06. The number of amides is 1. The van der Waals surface area contributed by atoms with Gasteiger partial charge in [0.1, 0.15) is 0 Å². The minimum Gasteiger partial charge on any atom is -0.334 e. The molecule has 1 atom stereocenters. The Morgan fingerprint density at radius 1 is 1.55 bits per heavy atom. The molecule has 0 bridgehead atoms. The summed E-state index contributed by atoms with van der Waals surface area (Å²) in [5.41, 5.74) is 1.14. The maximum absolute atomic E-state index is 12.7. The van der Waals surface area contributed by atoms with E-state index in [9.17, 15) is 4.79 Å². The number of nitrogens with zero attached hydrogens (tertiary/aromatic N) is 1. The second-order valence-electron chi connectivity index (χ2n) is 5.77. The molecule has 1 aliphatic rings. The molecular weight excluding hydrogens is 336 g/mol. The second kappa shape index (κ2) is 7.05. The minimum absolute atomic E-state index is 0.158. The van der Waals surface area contributed by atoms with Gasteiger partial charge in [-0.3, -0.25) is 4.79 Å². The van der Waals surface area contributed by atoms with Crippen LogP contribution in [0, 0.1) is 6.92 Å². The lowest BCUT2D eigenvalue weighted by Gasteiger charge is -2.33. The van der Waals surface area contributed by atoms with Crippen LogP contribution in [0.15, 0.2) is 9.85 Å². The van der Waals surface area contributed by atoms with Crippen LogP contribution < -0.4 is 5.32 Å². The van der Waals surface area contributed by atoms with E-state index in [1.807, 2.05) is 17.9 Å². The number of rotatable bonds is 4. The van der Waals surface area contributed by atoms with Gasteiger partial charge in [-0.15, -0.1) is 11.3 Å². The smallest absolute Gasteiger partial charge is 0.264 e. The number of nitrogens with one attached hydrogen (secondary N) is 1. The van der Waals surface area contributed by atoms with Crippen molar-refractivity contribution in [3.05, 3.63) is 20.3 Å². The quantitative estimate of drug-likeness (QED) is 0.887. The maximum Gasteiger partial charge on any atom is 0.264 e. The number of aryl methyl sites for hydroxylation is 1. The first kappa shape index (κ1) is 16.0. The average molecular weight is 359 g/mol. The van der Waals surface area contributed by atoms with Crippen molar-refractivity contribution >= 4 is 33.2 Å². The van der Waals surface area contributed by atoms with Crippen LogP contribution >= 0.6 is 27.3 Å². The molecule has 1 aromatic heterocycles. The Hall–Kier alpha value is -0.390. The molecule has 1 saturated heterocycles. The summed E-state index contributed by atoms with van der Waals surface area (Å²) in [5, 5.41) is 3.53. The highest BCUT2D eigenvalue weighted by Gasteiger charge is 2.25. The van der Waals surface area contributed by atoms with Crippen LogP contribution in [0.1, 0.15) is 48.3 Å². The molecule has 112 valence electrons. The van der Waals surface area contributed by atoms with Gasteiger partial charge in [-0.25, -0.2) is 0 Å². The predicted octanol–water partition coefficient (Wildman–Crippen LogP) is 3.81. The molecule has 0 saturated carbocycles. The Labute approximate surface area is 133 Å². The summed E-state index contributed by atoms with van der Waals surface area (Å²) in [5.74, 6) is 0.158. The zero-order valence-corrected chi connectivity index (χ0v) is 14.8. The summed E-state index contributed by atoms with van der Waals surface area (Å²) in [7, 11) is 0. The van der Waals surface area contributed by atoms with Gasteiger partial charge < -0.3 is 10.2 Å². The van der Waals surface area contributed by atoms with Gasteiger partial charge in [0.25, 0.3) is 5.91 Å². The Morgan fingerprint density at radius 3 is 2.80 bits per heavy atom. The molecule has 0 aromatic carbocycles. The van der Waals surface area contributed by atoms with Crippen molar-refractivity contribution in [1.29, 1.82) is 0 Å². The van der Waals surface area contributed by atoms with Crippen molar-refractivity contribution < 1.29 is 4.79 Å². The fourth-order valence-corrected chi connectivity index (χ4v) is 4.04. The molecule has 2 heterocycles. The highest BCUT2D eigenvalue weighted by Crippen LogP contribution is 2.28. The van der Waals surface area contributed by atoms with Gasteiger partial charge in [0, 0.05) is 18.6 Å². The van der Waals surface area contributed by atoms with Gasteiger partial charge in [-0.2, -0.15) is 0 Å². The minimum atomic E-state index is 0.158. The first-order chi connectivity index (χ1) is 9.49. The third-order valence-electron chi connectivity index (χ3n) is 3.78. The van der Waals surface area contributed by atoms with Crippen LogP contribution in [0.25, 0.3) is 0 Å². The first-order valence-corrected chi connectivity index (χ1v) is 8.90. The topological polar surface area (TPSA) is 32.3 Å². The fourth-order valence-electron chi connectivity index (χ4n) is 2.55. The Kier molecular flexibility index (Phi) is 5.64. The van der Waals surface area contributed by atoms with Crippen molar-refractivity contribution in [2.75, 3.05) is 13.1 Å². The number of piperidine rings is 1. The summed E-state index contributed by atoms with van der Waals surface area (Å²) in [4.78, 5) is 15.5. The van der Waals surface area contributed by atoms with E-state index < -0.39 is 0 Å². The molecule has 20 heavy (non-hydrogen) atoms. The van der Waals surface area contributed by atoms with Crippen LogP contribution in [-0.2, 0) is 0 Å². The van der Waals surface area contributed by atoms with Crippen LogP contribution in [0.4, 0.5) is 0 Å². The summed E-state index contributed by atoms with van der Waals surface area (Å²) in [6.07, 6.45) is 3.69. The molecule has 0 radical (unpaired) electrons. The highest BCUT2D eigenvalue weighted by atomic mass is 79.9. The molecule has 1 fully saturated rings. The van der Waals surface area contributed by atoms with Gasteiger partial charge in [0.05, 0.1) is 8.66 Å². The van der Waals surface area contributed by atoms with E-state index in [1.165, 1.54) is 30.6 Å². The van der Waals surface area contributed by atoms with E-state index in [0.717, 1.165) is 27.3 Å². The monoisotopic (exact) mass is 358 g/mol. The van der Waals surface area contributed by atoms with Crippen LogP contribution in [-0.4, -0.2) is 36.0 Å². The molecule has 1 amide bonds. The van der Waals surface area contributed by atoms with Gasteiger partial charge in [-0.1, -0.05) is 6.42 Å². The van der Waals surface area contributed by atoms with E-state index in [0.29, 0.717) is 6.04 Å². The number of carbonyl (C=O) groups excluding carboxylic acids is 1. The van der Waals surface area contributed by atoms with Gasteiger partial charge in [0.2, 0.25) is 0 Å². The van der Waals surface area contributed by atoms with Gasteiger partial charge >= 0.3 is 0 Å². The molecule has 1 aromatic rings. The summed E-state index contributed by atoms with van der Waals surface area (Å²) in [6.45, 7) is 8.10. The molecule has 1 unspecified atom stereocenters.